The zero-order chi connectivity index (χ0) is 34.1. The van der Waals surface area contributed by atoms with E-state index in [0.717, 1.165) is 49.7 Å². The first kappa shape index (κ1) is 36.9. The molecule has 9 heteroatoms. The lowest BCUT2D eigenvalue weighted by Crippen LogP contribution is -2.53. The summed E-state index contributed by atoms with van der Waals surface area (Å²) in [5.74, 6) is -1.33. The van der Waals surface area contributed by atoms with Crippen LogP contribution in [0.5, 0.6) is 0 Å². The van der Waals surface area contributed by atoms with Crippen LogP contribution in [0.25, 0.3) is 0 Å². The van der Waals surface area contributed by atoms with Gasteiger partial charge in [-0.15, -0.1) is 0 Å². The summed E-state index contributed by atoms with van der Waals surface area (Å²) < 4.78 is 11.8. The number of rotatable bonds is 13. The van der Waals surface area contributed by atoms with Crippen LogP contribution >= 0.6 is 11.6 Å². The molecule has 2 N–H and O–H groups in total. The molecule has 0 saturated heterocycles. The molecule has 0 heterocycles. The molecule has 47 heavy (non-hydrogen) atoms. The number of nitrogens with two attached hydrogens (primary N) is 1. The third-order valence-corrected chi connectivity index (χ3v) is 9.87. The third-order valence-electron chi connectivity index (χ3n) is 9.62. The minimum atomic E-state index is -0.852. The Morgan fingerprint density at radius 3 is 2.26 bits per heavy atom. The molecule has 0 spiro atoms. The molecule has 8 nitrogen and oxygen atoms in total. The fourth-order valence-corrected chi connectivity index (χ4v) is 7.07. The van der Waals surface area contributed by atoms with E-state index in [-0.39, 0.29) is 55.4 Å². The predicted molar refractivity (Wildman–Crippen MR) is 186 cm³/mol. The quantitative estimate of drug-likeness (QED) is 0.198. The van der Waals surface area contributed by atoms with Crippen LogP contribution in [-0.2, 0) is 36.7 Å². The molecule has 0 unspecified atom stereocenters. The Labute approximate surface area is 286 Å². The molecule has 0 radical (unpaired) electrons. The lowest BCUT2D eigenvalue weighted by Gasteiger charge is -2.35. The lowest BCUT2D eigenvalue weighted by atomic mass is 9.83. The molecule has 4 rings (SSSR count). The smallest absolute Gasteiger partial charge is 0.306 e. The molecule has 1 fully saturated rings. The Bertz CT molecular complexity index is 1340. The molecule has 2 aromatic carbocycles. The number of likely N-dealkylation sites (N-methyl/N-ethyl adjacent to an activating group) is 2. The monoisotopic (exact) mass is 667 g/mol. The van der Waals surface area contributed by atoms with Crippen molar-refractivity contribution < 1.29 is 23.9 Å². The van der Waals surface area contributed by atoms with E-state index in [0.29, 0.717) is 11.4 Å². The van der Waals surface area contributed by atoms with Crippen LogP contribution in [0, 0.1) is 5.92 Å². The number of carbonyl (C=O) groups excluding carboxylic acids is 3. The number of ether oxygens (including phenoxy) is 2. The molecule has 2 aliphatic rings. The van der Waals surface area contributed by atoms with Crippen LogP contribution in [0.3, 0.4) is 0 Å². The number of aryl methyl sites for hydroxylation is 1. The topological polar surface area (TPSA) is 102 Å². The van der Waals surface area contributed by atoms with Gasteiger partial charge in [0.25, 0.3) is 0 Å². The number of hydrogen-bond donors (Lipinski definition) is 1. The van der Waals surface area contributed by atoms with Crippen LogP contribution in [-0.4, -0.2) is 78.6 Å². The van der Waals surface area contributed by atoms with Gasteiger partial charge in [0.2, 0.25) is 11.8 Å². The number of benzene rings is 2. The van der Waals surface area contributed by atoms with Crippen LogP contribution in [0.2, 0.25) is 5.02 Å². The standard InChI is InChI=1S/C38H54ClN3O5/c1-38(2,3)46-25-34(40)37(45)42(5)29(22-26-16-19-28(39)20-17-26)24-41(4)36(44)33(32-21-18-27-12-10-11-15-31(27)32)23-35(43)47-30-13-8-6-7-9-14-30/h10-12,15-17,19-20,29-30,32-34H,6-9,13-14,18,21-25,40H2,1-5H3/t29-,32+,33+,34+/m1/s1. The Balaban J connectivity index is 1.55. The summed E-state index contributed by atoms with van der Waals surface area (Å²) in [5.41, 5.74) is 9.23. The Morgan fingerprint density at radius 1 is 0.936 bits per heavy atom. The fourth-order valence-electron chi connectivity index (χ4n) is 6.94. The maximum atomic E-state index is 14.4. The average Bonchev–Trinajstić information content (AvgIpc) is 3.30. The second-order valence-corrected chi connectivity index (χ2v) is 14.9. The van der Waals surface area contributed by atoms with E-state index in [1.165, 1.54) is 18.4 Å². The molecule has 1 saturated carbocycles. The van der Waals surface area contributed by atoms with Gasteiger partial charge in [-0.05, 0) is 100 Å². The van der Waals surface area contributed by atoms with Gasteiger partial charge in [0.15, 0.2) is 0 Å². The first-order valence-electron chi connectivity index (χ1n) is 17.2. The second-order valence-electron chi connectivity index (χ2n) is 14.4. The number of halogens is 1. The average molecular weight is 668 g/mol. The number of nitrogens with zero attached hydrogens (tertiary/aromatic N) is 2. The molecule has 0 bridgehead atoms. The summed E-state index contributed by atoms with van der Waals surface area (Å²) in [6, 6.07) is 14.5. The minimum absolute atomic E-state index is 0.0321. The number of amides is 2. The van der Waals surface area contributed by atoms with Gasteiger partial charge in [-0.1, -0.05) is 60.8 Å². The van der Waals surface area contributed by atoms with Gasteiger partial charge < -0.3 is 25.0 Å². The van der Waals surface area contributed by atoms with E-state index in [4.69, 9.17) is 26.8 Å². The molecule has 258 valence electrons. The van der Waals surface area contributed by atoms with Crippen molar-refractivity contribution in [1.82, 2.24) is 9.80 Å². The maximum absolute atomic E-state index is 14.4. The normalized spacial score (nSPS) is 18.8. The van der Waals surface area contributed by atoms with Gasteiger partial charge in [-0.3, -0.25) is 14.4 Å². The van der Waals surface area contributed by atoms with E-state index in [1.54, 1.807) is 23.9 Å². The number of esters is 1. The first-order chi connectivity index (χ1) is 22.3. The molecule has 2 aliphatic carbocycles. The number of hydrogen-bond acceptors (Lipinski definition) is 6. The summed E-state index contributed by atoms with van der Waals surface area (Å²) in [4.78, 5) is 44.8. The molecule has 2 aromatic rings. The van der Waals surface area contributed by atoms with Gasteiger partial charge >= 0.3 is 5.97 Å². The van der Waals surface area contributed by atoms with E-state index in [9.17, 15) is 14.4 Å². The highest BCUT2D eigenvalue weighted by Crippen LogP contribution is 2.41. The largest absolute Gasteiger partial charge is 0.462 e. The van der Waals surface area contributed by atoms with Crippen molar-refractivity contribution in [2.24, 2.45) is 11.7 Å². The maximum Gasteiger partial charge on any atom is 0.306 e. The van der Waals surface area contributed by atoms with Crippen molar-refractivity contribution in [3.63, 3.8) is 0 Å². The molecule has 0 aliphatic heterocycles. The highest BCUT2D eigenvalue weighted by Gasteiger charge is 2.39. The Morgan fingerprint density at radius 2 is 1.60 bits per heavy atom. The van der Waals surface area contributed by atoms with Gasteiger partial charge in [0, 0.05) is 25.7 Å². The van der Waals surface area contributed by atoms with Crippen LogP contribution in [0.4, 0.5) is 0 Å². The minimum Gasteiger partial charge on any atom is -0.462 e. The number of fused-ring (bicyclic) bond motifs is 1. The predicted octanol–water partition coefficient (Wildman–Crippen LogP) is 6.31. The van der Waals surface area contributed by atoms with E-state index >= 15 is 0 Å². The van der Waals surface area contributed by atoms with Crippen molar-refractivity contribution in [1.29, 1.82) is 0 Å². The SMILES string of the molecule is CN(C[C@@H](Cc1ccc(Cl)cc1)N(C)C(=O)[C@@H](N)COC(C)(C)C)C(=O)[C@@H](CC(=O)OC1CCCCCC1)[C@H]1CCc2ccccc21. The fraction of sp³-hybridized carbons (Fsp3) is 0.605. The summed E-state index contributed by atoms with van der Waals surface area (Å²) in [5, 5.41) is 0.624. The lowest BCUT2D eigenvalue weighted by molar-refractivity contribution is -0.154. The van der Waals surface area contributed by atoms with Crippen LogP contribution in [0.1, 0.15) is 94.7 Å². The molecular weight excluding hydrogens is 614 g/mol. The summed E-state index contributed by atoms with van der Waals surface area (Å²) in [6.45, 7) is 6.11. The second kappa shape index (κ2) is 16.9. The van der Waals surface area contributed by atoms with Gasteiger partial charge in [-0.25, -0.2) is 0 Å². The summed E-state index contributed by atoms with van der Waals surface area (Å²) in [7, 11) is 3.50. The first-order valence-corrected chi connectivity index (χ1v) is 17.6. The van der Waals surface area contributed by atoms with Crippen molar-refractivity contribution in [2.45, 2.75) is 115 Å². The van der Waals surface area contributed by atoms with E-state index < -0.39 is 17.6 Å². The van der Waals surface area contributed by atoms with Crippen LogP contribution in [0.15, 0.2) is 48.5 Å². The highest BCUT2D eigenvalue weighted by atomic mass is 35.5. The van der Waals surface area contributed by atoms with Crippen LogP contribution < -0.4 is 5.73 Å². The Hall–Kier alpha value is -2.94. The van der Waals surface area contributed by atoms with Crippen molar-refractivity contribution in [2.75, 3.05) is 27.2 Å². The van der Waals surface area contributed by atoms with Gasteiger partial charge in [0.05, 0.1) is 30.6 Å². The zero-order valence-electron chi connectivity index (χ0n) is 28.9. The van der Waals surface area contributed by atoms with Crippen molar-refractivity contribution in [3.8, 4) is 0 Å². The molecule has 0 aromatic heterocycles. The van der Waals surface area contributed by atoms with Crippen molar-refractivity contribution >= 4 is 29.4 Å². The summed E-state index contributed by atoms with van der Waals surface area (Å²) in [6.07, 6.45) is 8.34. The summed E-state index contributed by atoms with van der Waals surface area (Å²) >= 11 is 6.16. The zero-order valence-corrected chi connectivity index (χ0v) is 29.6. The third kappa shape index (κ3) is 10.8. The number of carbonyl (C=O) groups is 3. The molecule has 4 atom stereocenters. The van der Waals surface area contributed by atoms with Gasteiger partial charge in [0.1, 0.15) is 12.1 Å². The van der Waals surface area contributed by atoms with E-state index in [2.05, 4.69) is 12.1 Å². The van der Waals surface area contributed by atoms with Gasteiger partial charge in [-0.2, -0.15) is 0 Å². The Kier molecular flexibility index (Phi) is 13.3. The van der Waals surface area contributed by atoms with Crippen molar-refractivity contribution in [3.05, 3.63) is 70.2 Å². The molecule has 2 amide bonds. The highest BCUT2D eigenvalue weighted by molar-refractivity contribution is 6.30. The molecular formula is C38H54ClN3O5. The van der Waals surface area contributed by atoms with E-state index in [1.807, 2.05) is 57.2 Å².